The van der Waals surface area contributed by atoms with Crippen molar-refractivity contribution in [2.75, 3.05) is 5.73 Å². The fraction of sp³-hybridized carbons (Fsp3) is 0. The predicted octanol–water partition coefficient (Wildman–Crippen LogP) is 2.32. The highest BCUT2D eigenvalue weighted by Gasteiger charge is 2.18. The van der Waals surface area contributed by atoms with E-state index in [1.807, 2.05) is 0 Å². The number of nitrogen functional groups attached to an aromatic ring is 1. The zero-order valence-electron chi connectivity index (χ0n) is 6.01. The minimum absolute atomic E-state index is 0.0448. The van der Waals surface area contributed by atoms with Crippen molar-refractivity contribution in [2.24, 2.45) is 0 Å². The van der Waals surface area contributed by atoms with E-state index < -0.39 is 11.7 Å². The summed E-state index contributed by atoms with van der Waals surface area (Å²) in [5, 5.41) is 8.17. The number of nitrogens with zero attached hydrogens (tertiary/aromatic N) is 1. The first-order valence-corrected chi connectivity index (χ1v) is 4.11. The van der Waals surface area contributed by atoms with E-state index in [9.17, 15) is 4.79 Å². The Labute approximate surface area is 88.2 Å². The molecule has 0 saturated heterocycles. The molecule has 0 atom stereocenters. The van der Waals surface area contributed by atoms with Crippen LogP contribution < -0.4 is 5.73 Å². The minimum atomic E-state index is -1.31. The van der Waals surface area contributed by atoms with Gasteiger partial charge < -0.3 is 10.8 Å². The first kappa shape index (κ1) is 10.4. The Hall–Kier alpha value is -0.710. The van der Waals surface area contributed by atoms with E-state index in [4.69, 9.17) is 45.6 Å². The number of halogens is 3. The van der Waals surface area contributed by atoms with Gasteiger partial charge in [0.1, 0.15) is 5.02 Å². The molecule has 0 aliphatic heterocycles. The quantitative estimate of drug-likeness (QED) is 0.745. The van der Waals surface area contributed by atoms with Gasteiger partial charge in [-0.05, 0) is 0 Å². The number of anilines is 1. The molecule has 1 rings (SSSR count). The topological polar surface area (TPSA) is 76.2 Å². The van der Waals surface area contributed by atoms with Gasteiger partial charge in [-0.2, -0.15) is 0 Å². The monoisotopic (exact) mass is 244 g/mol. The third-order valence-electron chi connectivity index (χ3n) is 1.27. The summed E-state index contributed by atoms with van der Waals surface area (Å²) in [5.74, 6) is -1.31. The molecular formula is C6H3Cl3N2O2. The molecule has 1 aromatic heterocycles. The number of pyridine rings is 1. The van der Waals surface area contributed by atoms with E-state index in [1.54, 1.807) is 0 Å². The van der Waals surface area contributed by atoms with Crippen LogP contribution in [0.2, 0.25) is 15.2 Å². The molecule has 0 aliphatic carbocycles. The van der Waals surface area contributed by atoms with Crippen LogP contribution in [0.5, 0.6) is 0 Å². The number of nitrogens with two attached hydrogens (primary N) is 1. The molecule has 3 N–H and O–H groups in total. The van der Waals surface area contributed by atoms with Gasteiger partial charge in [-0.25, -0.2) is 9.78 Å². The van der Waals surface area contributed by atoms with Crippen LogP contribution in [0, 0.1) is 0 Å². The van der Waals surface area contributed by atoms with Crippen molar-refractivity contribution >= 4 is 46.5 Å². The average molecular weight is 245 g/mol. The first-order valence-electron chi connectivity index (χ1n) is 2.98. The molecule has 0 spiro atoms. The molecule has 0 aromatic carbocycles. The zero-order chi connectivity index (χ0) is 10.2. The van der Waals surface area contributed by atoms with Gasteiger partial charge in [-0.3, -0.25) is 0 Å². The highest BCUT2D eigenvalue weighted by molar-refractivity contribution is 6.46. The van der Waals surface area contributed by atoms with E-state index in [2.05, 4.69) is 4.98 Å². The van der Waals surface area contributed by atoms with Crippen LogP contribution in [0.3, 0.4) is 0 Å². The second-order valence-corrected chi connectivity index (χ2v) is 3.21. The van der Waals surface area contributed by atoms with Gasteiger partial charge in [0.25, 0.3) is 0 Å². The standard InChI is InChI=1S/C6H3Cl3N2O2/c7-1-3(10)2(8)5(9)11-4(1)6(12)13/h(H2,10,11)(H,12,13)/i4+2,5+2. The van der Waals surface area contributed by atoms with E-state index in [-0.39, 0.29) is 20.9 Å². The molecule has 0 bridgehead atoms. The summed E-state index contributed by atoms with van der Waals surface area (Å²) in [7, 11) is 0. The van der Waals surface area contributed by atoms with Crippen LogP contribution >= 0.6 is 34.8 Å². The fourth-order valence-electron chi connectivity index (χ4n) is 0.673. The molecule has 0 fully saturated rings. The van der Waals surface area contributed by atoms with Crippen molar-refractivity contribution in [1.82, 2.24) is 4.98 Å². The van der Waals surface area contributed by atoms with Gasteiger partial charge in [-0.1, -0.05) is 34.8 Å². The Morgan fingerprint density at radius 1 is 1.46 bits per heavy atom. The molecule has 1 aromatic rings. The Morgan fingerprint density at radius 2 is 2.00 bits per heavy atom. The van der Waals surface area contributed by atoms with Crippen molar-refractivity contribution in [2.45, 2.75) is 0 Å². The Kier molecular flexibility index (Phi) is 2.85. The second kappa shape index (κ2) is 3.57. The van der Waals surface area contributed by atoms with E-state index in [0.29, 0.717) is 0 Å². The summed E-state index contributed by atoms with van der Waals surface area (Å²) in [4.78, 5) is 14.0. The van der Waals surface area contributed by atoms with Crippen molar-refractivity contribution in [3.63, 3.8) is 0 Å². The van der Waals surface area contributed by atoms with E-state index in [0.717, 1.165) is 0 Å². The summed E-state index contributed by atoms with van der Waals surface area (Å²) in [6, 6.07) is 0. The van der Waals surface area contributed by atoms with Crippen molar-refractivity contribution in [1.29, 1.82) is 0 Å². The summed E-state index contributed by atoms with van der Waals surface area (Å²) >= 11 is 16.6. The summed E-state index contributed by atoms with van der Waals surface area (Å²) in [6.07, 6.45) is 0. The molecule has 0 amide bonds. The number of carbonyl (C=O) groups is 1. The lowest BCUT2D eigenvalue weighted by atomic mass is 10.6. The van der Waals surface area contributed by atoms with Gasteiger partial charge >= 0.3 is 5.97 Å². The number of carboxylic acids is 1. The Bertz CT molecular complexity index is 381. The lowest BCUT2D eigenvalue weighted by molar-refractivity contribution is 0.0691. The van der Waals surface area contributed by atoms with E-state index in [1.165, 1.54) is 0 Å². The molecule has 13 heavy (non-hydrogen) atoms. The van der Waals surface area contributed by atoms with Gasteiger partial charge in [-0.15, -0.1) is 0 Å². The van der Waals surface area contributed by atoms with Crippen LogP contribution in [-0.4, -0.2) is 16.1 Å². The number of aromatic nitrogens is 1. The maximum absolute atomic E-state index is 10.5. The van der Waals surface area contributed by atoms with Gasteiger partial charge in [0.2, 0.25) is 0 Å². The molecule has 70 valence electrons. The number of aromatic carboxylic acids is 1. The average Bonchev–Trinajstić information content (AvgIpc) is 2.07. The third kappa shape index (κ3) is 1.80. The molecule has 4 nitrogen and oxygen atoms in total. The molecule has 1 heterocycles. The maximum Gasteiger partial charge on any atom is 0.356 e. The van der Waals surface area contributed by atoms with E-state index >= 15 is 0 Å². The highest BCUT2D eigenvalue weighted by Crippen LogP contribution is 2.34. The van der Waals surface area contributed by atoms with Crippen molar-refractivity contribution in [3.05, 3.63) is 20.9 Å². The molecule has 0 radical (unpaired) electrons. The van der Waals surface area contributed by atoms with Crippen molar-refractivity contribution < 1.29 is 9.90 Å². The van der Waals surface area contributed by atoms with Crippen LogP contribution in [0.4, 0.5) is 5.69 Å². The summed E-state index contributed by atoms with van der Waals surface area (Å²) in [6.45, 7) is 0. The lowest BCUT2D eigenvalue weighted by Gasteiger charge is -2.04. The molecule has 0 unspecified atom stereocenters. The second-order valence-electron chi connectivity index (χ2n) is 2.10. The smallest absolute Gasteiger partial charge is 0.356 e. The van der Waals surface area contributed by atoms with Crippen LogP contribution in [-0.2, 0) is 0 Å². The lowest BCUT2D eigenvalue weighted by Crippen LogP contribution is -2.04. The molecule has 0 saturated carbocycles. The Balaban J connectivity index is 3.50. The predicted molar refractivity (Wildman–Crippen MR) is 50.6 cm³/mol. The number of rotatable bonds is 1. The SMILES string of the molecule is Nc1c(Cl)[14c](Cl)n[14c](C(=O)O)c1Cl. The normalized spacial score (nSPS) is 10.1. The number of hydrogen-bond donors (Lipinski definition) is 2. The molecule has 0 aliphatic rings. The Morgan fingerprint density at radius 3 is 2.46 bits per heavy atom. The van der Waals surface area contributed by atoms with Gasteiger partial charge in [0, 0.05) is 0 Å². The van der Waals surface area contributed by atoms with Crippen molar-refractivity contribution in [3.8, 4) is 0 Å². The highest BCUT2D eigenvalue weighted by atomic mass is 35.5. The minimum Gasteiger partial charge on any atom is -0.476 e. The number of carboxylic acid groups (broad SMARTS) is 1. The fourth-order valence-corrected chi connectivity index (χ4v) is 1.26. The van der Waals surface area contributed by atoms with Gasteiger partial charge in [0.05, 0.1) is 10.7 Å². The molecular weight excluding hydrogens is 242 g/mol. The van der Waals surface area contributed by atoms with Crippen LogP contribution in [0.15, 0.2) is 0 Å². The summed E-state index contributed by atoms with van der Waals surface area (Å²) < 4.78 is 0. The van der Waals surface area contributed by atoms with Crippen LogP contribution in [0.25, 0.3) is 0 Å². The van der Waals surface area contributed by atoms with Crippen LogP contribution in [0.1, 0.15) is 10.5 Å². The largest absolute Gasteiger partial charge is 0.476 e. The third-order valence-corrected chi connectivity index (χ3v) is 2.41. The van der Waals surface area contributed by atoms with Gasteiger partial charge in [0.15, 0.2) is 10.8 Å². The summed E-state index contributed by atoms with van der Waals surface area (Å²) in [5.41, 5.74) is 4.88. The number of hydrogen-bond acceptors (Lipinski definition) is 3. The first-order chi connectivity index (χ1) is 5.95. The molecule has 7 heteroatoms. The maximum atomic E-state index is 10.5. The zero-order valence-corrected chi connectivity index (χ0v) is 8.28.